The first kappa shape index (κ1) is 10.5. The molecule has 5 nitrogen and oxygen atoms in total. The highest BCUT2D eigenvalue weighted by Crippen LogP contribution is 2.46. The van der Waals surface area contributed by atoms with Crippen molar-refractivity contribution < 1.29 is 13.5 Å². The standard InChI is InChI=1S/C10H16N2O3S/c13-7-10-3-1-8(2-4-10)12-5-6-16(14,15)11-9(10)12/h8,13H,1-7H2. The van der Waals surface area contributed by atoms with E-state index in [2.05, 4.69) is 9.30 Å². The van der Waals surface area contributed by atoms with Gasteiger partial charge in [-0.15, -0.1) is 4.40 Å². The molecule has 0 aromatic carbocycles. The highest BCUT2D eigenvalue weighted by molar-refractivity contribution is 7.90. The number of rotatable bonds is 1. The zero-order chi connectivity index (χ0) is 11.4. The normalized spacial score (nSPS) is 40.4. The minimum atomic E-state index is -3.29. The number of amidine groups is 1. The molecular formula is C10H16N2O3S. The number of hydrogen-bond donors (Lipinski definition) is 1. The summed E-state index contributed by atoms with van der Waals surface area (Å²) in [5.74, 6) is 0.762. The zero-order valence-corrected chi connectivity index (χ0v) is 9.91. The molecule has 1 saturated carbocycles. The molecule has 2 saturated heterocycles. The van der Waals surface area contributed by atoms with Crippen molar-refractivity contribution in [2.24, 2.45) is 9.81 Å². The molecule has 2 bridgehead atoms. The second kappa shape index (κ2) is 3.20. The summed E-state index contributed by atoms with van der Waals surface area (Å²) >= 11 is 0. The van der Waals surface area contributed by atoms with Crippen LogP contribution in [0.15, 0.2) is 4.40 Å². The van der Waals surface area contributed by atoms with E-state index < -0.39 is 10.0 Å². The summed E-state index contributed by atoms with van der Waals surface area (Å²) in [5.41, 5.74) is -0.373. The van der Waals surface area contributed by atoms with Gasteiger partial charge in [0.15, 0.2) is 0 Å². The Morgan fingerprint density at radius 3 is 2.75 bits per heavy atom. The lowest BCUT2D eigenvalue weighted by molar-refractivity contribution is 0.0569. The van der Waals surface area contributed by atoms with Gasteiger partial charge in [-0.2, -0.15) is 0 Å². The van der Waals surface area contributed by atoms with Gasteiger partial charge in [0, 0.05) is 12.6 Å². The lowest BCUT2D eigenvalue weighted by Gasteiger charge is -2.54. The number of aliphatic hydroxyl groups is 1. The van der Waals surface area contributed by atoms with Crippen molar-refractivity contribution in [1.29, 1.82) is 0 Å². The third kappa shape index (κ3) is 1.32. The van der Waals surface area contributed by atoms with Crippen LogP contribution in [-0.4, -0.2) is 49.2 Å². The zero-order valence-electron chi connectivity index (χ0n) is 9.09. The van der Waals surface area contributed by atoms with Gasteiger partial charge >= 0.3 is 0 Å². The van der Waals surface area contributed by atoms with Crippen LogP contribution in [0.5, 0.6) is 0 Å². The molecule has 16 heavy (non-hydrogen) atoms. The Bertz CT molecular complexity index is 435. The van der Waals surface area contributed by atoms with Crippen LogP contribution in [0, 0.1) is 5.41 Å². The molecule has 0 aromatic rings. The fraction of sp³-hybridized carbons (Fsp3) is 0.900. The molecule has 0 unspecified atom stereocenters. The Labute approximate surface area is 95.2 Å². The quantitative estimate of drug-likeness (QED) is 0.703. The Balaban J connectivity index is 2.10. The summed E-state index contributed by atoms with van der Waals surface area (Å²) < 4.78 is 27.0. The van der Waals surface area contributed by atoms with E-state index in [4.69, 9.17) is 0 Å². The van der Waals surface area contributed by atoms with Crippen LogP contribution in [0.25, 0.3) is 0 Å². The van der Waals surface area contributed by atoms with Gasteiger partial charge in [-0.3, -0.25) is 0 Å². The predicted octanol–water partition coefficient (Wildman–Crippen LogP) is -0.0348. The van der Waals surface area contributed by atoms with Crippen LogP contribution in [0.3, 0.4) is 0 Å². The fourth-order valence-corrected chi connectivity index (χ4v) is 4.31. The van der Waals surface area contributed by atoms with Crippen LogP contribution in [0.1, 0.15) is 25.7 Å². The molecule has 0 amide bonds. The molecule has 1 aliphatic carbocycles. The van der Waals surface area contributed by atoms with Gasteiger partial charge in [0.25, 0.3) is 10.0 Å². The number of piperidine rings is 2. The first-order valence-corrected chi connectivity index (χ1v) is 7.38. The minimum Gasteiger partial charge on any atom is -0.395 e. The average Bonchev–Trinajstić information content (AvgIpc) is 2.29. The van der Waals surface area contributed by atoms with Crippen LogP contribution in [0.4, 0.5) is 0 Å². The van der Waals surface area contributed by atoms with E-state index in [9.17, 15) is 13.5 Å². The van der Waals surface area contributed by atoms with E-state index in [0.717, 1.165) is 25.7 Å². The maximum Gasteiger partial charge on any atom is 0.256 e. The van der Waals surface area contributed by atoms with Gasteiger partial charge in [-0.25, -0.2) is 8.42 Å². The van der Waals surface area contributed by atoms with Crippen molar-refractivity contribution in [3.8, 4) is 0 Å². The number of nitrogens with zero attached hydrogens (tertiary/aromatic N) is 2. The van der Waals surface area contributed by atoms with Crippen LogP contribution >= 0.6 is 0 Å². The Morgan fingerprint density at radius 2 is 2.12 bits per heavy atom. The summed E-state index contributed by atoms with van der Waals surface area (Å²) in [6.45, 7) is 0.568. The second-order valence-electron chi connectivity index (χ2n) is 5.06. The summed E-state index contributed by atoms with van der Waals surface area (Å²) in [4.78, 5) is 2.12. The van der Waals surface area contributed by atoms with Crippen molar-refractivity contribution in [2.75, 3.05) is 18.9 Å². The molecule has 3 heterocycles. The fourth-order valence-electron chi connectivity index (χ4n) is 3.23. The van der Waals surface area contributed by atoms with Gasteiger partial charge in [0.1, 0.15) is 5.84 Å². The van der Waals surface area contributed by atoms with E-state index in [1.165, 1.54) is 0 Å². The third-order valence-electron chi connectivity index (χ3n) is 4.22. The molecule has 3 fully saturated rings. The van der Waals surface area contributed by atoms with E-state index in [-0.39, 0.29) is 17.8 Å². The molecule has 4 aliphatic rings. The van der Waals surface area contributed by atoms with Crippen molar-refractivity contribution in [3.05, 3.63) is 0 Å². The van der Waals surface area contributed by atoms with E-state index in [1.54, 1.807) is 0 Å². The van der Waals surface area contributed by atoms with Crippen molar-refractivity contribution in [1.82, 2.24) is 4.90 Å². The molecule has 6 heteroatoms. The van der Waals surface area contributed by atoms with E-state index in [1.807, 2.05) is 0 Å². The van der Waals surface area contributed by atoms with Gasteiger partial charge in [0.05, 0.1) is 17.8 Å². The Morgan fingerprint density at radius 1 is 1.44 bits per heavy atom. The number of hydrogen-bond acceptors (Lipinski definition) is 4. The van der Waals surface area contributed by atoms with E-state index in [0.29, 0.717) is 18.4 Å². The van der Waals surface area contributed by atoms with Crippen molar-refractivity contribution in [2.45, 2.75) is 31.7 Å². The lowest BCUT2D eigenvalue weighted by atomic mass is 9.67. The number of aliphatic hydroxyl groups excluding tert-OH is 1. The molecule has 4 rings (SSSR count). The van der Waals surface area contributed by atoms with Crippen molar-refractivity contribution in [3.63, 3.8) is 0 Å². The van der Waals surface area contributed by atoms with Gasteiger partial charge in [0.2, 0.25) is 0 Å². The first-order chi connectivity index (χ1) is 7.56. The molecule has 0 atom stereocenters. The molecular weight excluding hydrogens is 228 g/mol. The van der Waals surface area contributed by atoms with Crippen LogP contribution in [-0.2, 0) is 10.0 Å². The minimum absolute atomic E-state index is 0.0184. The van der Waals surface area contributed by atoms with Crippen LogP contribution in [0.2, 0.25) is 0 Å². The van der Waals surface area contributed by atoms with Gasteiger partial charge < -0.3 is 10.0 Å². The maximum atomic E-state index is 11.5. The monoisotopic (exact) mass is 244 g/mol. The molecule has 1 N–H and O–H groups in total. The molecule has 3 aliphatic heterocycles. The largest absolute Gasteiger partial charge is 0.395 e. The average molecular weight is 244 g/mol. The third-order valence-corrected chi connectivity index (χ3v) is 5.37. The van der Waals surface area contributed by atoms with Crippen LogP contribution < -0.4 is 0 Å². The highest BCUT2D eigenvalue weighted by Gasteiger charge is 2.51. The molecule has 0 aromatic heterocycles. The highest BCUT2D eigenvalue weighted by atomic mass is 32.2. The van der Waals surface area contributed by atoms with Crippen molar-refractivity contribution >= 4 is 15.9 Å². The van der Waals surface area contributed by atoms with Gasteiger partial charge in [-0.05, 0) is 25.7 Å². The SMILES string of the molecule is O=S1(=O)CCN2C(=N1)C1(CO)CCC2CC1. The number of sulfonamides is 1. The second-order valence-corrected chi connectivity index (χ2v) is 6.82. The summed E-state index contributed by atoms with van der Waals surface area (Å²) in [6, 6.07) is 0.447. The maximum absolute atomic E-state index is 11.5. The smallest absolute Gasteiger partial charge is 0.256 e. The summed E-state index contributed by atoms with van der Waals surface area (Å²) in [6.07, 6.45) is 3.86. The summed E-state index contributed by atoms with van der Waals surface area (Å²) in [5, 5.41) is 9.57. The molecule has 90 valence electrons. The number of fused-ring (bicyclic) bond motifs is 2. The Hall–Kier alpha value is -0.620. The van der Waals surface area contributed by atoms with E-state index >= 15 is 0 Å². The molecule has 0 radical (unpaired) electrons. The Kier molecular flexibility index (Phi) is 2.10. The molecule has 0 spiro atoms. The topological polar surface area (TPSA) is 70.0 Å². The predicted molar refractivity (Wildman–Crippen MR) is 59.7 cm³/mol. The van der Waals surface area contributed by atoms with Gasteiger partial charge in [-0.1, -0.05) is 0 Å². The first-order valence-electron chi connectivity index (χ1n) is 5.77. The lowest BCUT2D eigenvalue weighted by Crippen LogP contribution is -2.62. The summed E-state index contributed by atoms with van der Waals surface area (Å²) in [7, 11) is -3.29.